The minimum atomic E-state index is -4.42. The molecule has 3 nitrogen and oxygen atoms in total. The van der Waals surface area contributed by atoms with E-state index in [2.05, 4.69) is 15.9 Å². The Balaban J connectivity index is 2.12. The highest BCUT2D eigenvalue weighted by atomic mass is 79.9. The molecule has 0 radical (unpaired) electrons. The van der Waals surface area contributed by atoms with Crippen molar-refractivity contribution in [2.24, 2.45) is 0 Å². The van der Waals surface area contributed by atoms with E-state index in [1.54, 1.807) is 12.1 Å². The lowest BCUT2D eigenvalue weighted by Gasteiger charge is -2.11. The molecule has 0 fully saturated rings. The third-order valence-electron chi connectivity index (χ3n) is 2.83. The molecule has 2 rings (SSSR count). The number of hydrogen-bond acceptors (Lipinski definition) is 2. The van der Waals surface area contributed by atoms with E-state index in [9.17, 15) is 18.0 Å². The number of carboxylic acids is 1. The third kappa shape index (κ3) is 4.00. The Morgan fingerprint density at radius 3 is 2.50 bits per heavy atom. The Labute approximate surface area is 132 Å². The fraction of sp³-hybridized carbons (Fsp3) is 0.133. The topological polar surface area (TPSA) is 46.5 Å². The summed E-state index contributed by atoms with van der Waals surface area (Å²) in [5, 5.41) is 8.89. The van der Waals surface area contributed by atoms with Gasteiger partial charge in [0.05, 0.1) is 15.6 Å². The highest BCUT2D eigenvalue weighted by Gasteiger charge is 2.30. The maximum Gasteiger partial charge on any atom is 0.416 e. The number of hydrogen-bond donors (Lipinski definition) is 1. The molecule has 1 N–H and O–H groups in total. The molecule has 2 aromatic rings. The summed E-state index contributed by atoms with van der Waals surface area (Å²) in [6.07, 6.45) is -4.42. The zero-order chi connectivity index (χ0) is 16.3. The molecule has 0 saturated heterocycles. The second-order valence-electron chi connectivity index (χ2n) is 4.44. The molecule has 0 heterocycles. The number of benzene rings is 2. The third-order valence-corrected chi connectivity index (χ3v) is 3.45. The lowest BCUT2D eigenvalue weighted by atomic mass is 10.1. The van der Waals surface area contributed by atoms with Crippen molar-refractivity contribution in [2.75, 3.05) is 0 Å². The van der Waals surface area contributed by atoms with Crippen LogP contribution in [0.1, 0.15) is 21.5 Å². The van der Waals surface area contributed by atoms with E-state index in [4.69, 9.17) is 9.84 Å². The zero-order valence-electron chi connectivity index (χ0n) is 11.0. The smallest absolute Gasteiger partial charge is 0.416 e. The van der Waals surface area contributed by atoms with Crippen LogP contribution in [-0.4, -0.2) is 11.1 Å². The molecular formula is C15H10BrF3O3. The molecule has 2 aromatic carbocycles. The van der Waals surface area contributed by atoms with Crippen LogP contribution in [0, 0.1) is 0 Å². The summed E-state index contributed by atoms with van der Waals surface area (Å²) in [6.45, 7) is 0.0467. The quantitative estimate of drug-likeness (QED) is 0.840. The summed E-state index contributed by atoms with van der Waals surface area (Å²) in [5.41, 5.74) is -0.0566. The predicted octanol–water partition coefficient (Wildman–Crippen LogP) is 4.75. The number of aromatic carboxylic acids is 1. The number of ether oxygens (including phenoxy) is 1. The van der Waals surface area contributed by atoms with Crippen molar-refractivity contribution in [3.63, 3.8) is 0 Å². The Morgan fingerprint density at radius 1 is 1.18 bits per heavy atom. The molecular weight excluding hydrogens is 365 g/mol. The van der Waals surface area contributed by atoms with Crippen LogP contribution < -0.4 is 4.74 Å². The average Bonchev–Trinajstić information content (AvgIpc) is 2.45. The number of rotatable bonds is 4. The van der Waals surface area contributed by atoms with Crippen molar-refractivity contribution in [1.82, 2.24) is 0 Å². The van der Waals surface area contributed by atoms with Crippen LogP contribution in [0.5, 0.6) is 5.75 Å². The van der Waals surface area contributed by atoms with Crippen LogP contribution in [0.15, 0.2) is 46.9 Å². The predicted molar refractivity (Wildman–Crippen MR) is 76.9 cm³/mol. The lowest BCUT2D eigenvalue weighted by Crippen LogP contribution is -2.05. The second kappa shape index (κ2) is 6.39. The highest BCUT2D eigenvalue weighted by molar-refractivity contribution is 9.10. The fourth-order valence-electron chi connectivity index (χ4n) is 1.75. The average molecular weight is 375 g/mol. The van der Waals surface area contributed by atoms with Crippen molar-refractivity contribution in [3.8, 4) is 5.75 Å². The van der Waals surface area contributed by atoms with Gasteiger partial charge in [0.15, 0.2) is 0 Å². The standard InChI is InChI=1S/C15H10BrF3O3/c16-12-7-11(15(17,18)19)4-5-13(12)22-8-9-2-1-3-10(6-9)14(20)21/h1-7H,8H2,(H,20,21). The Morgan fingerprint density at radius 2 is 1.91 bits per heavy atom. The van der Waals surface area contributed by atoms with Crippen molar-refractivity contribution < 1.29 is 27.8 Å². The van der Waals surface area contributed by atoms with Crippen LogP contribution in [-0.2, 0) is 12.8 Å². The molecule has 0 atom stereocenters. The molecule has 7 heteroatoms. The van der Waals surface area contributed by atoms with Gasteiger partial charge in [0.2, 0.25) is 0 Å². The molecule has 0 saturated carbocycles. The molecule has 0 aliphatic rings. The van der Waals surface area contributed by atoms with Gasteiger partial charge in [-0.2, -0.15) is 13.2 Å². The first-order valence-corrected chi connectivity index (χ1v) is 6.88. The first-order valence-electron chi connectivity index (χ1n) is 6.09. The van der Waals surface area contributed by atoms with E-state index in [1.807, 2.05) is 0 Å². The van der Waals surface area contributed by atoms with E-state index in [0.29, 0.717) is 5.56 Å². The van der Waals surface area contributed by atoms with Crippen molar-refractivity contribution in [1.29, 1.82) is 0 Å². The molecule has 22 heavy (non-hydrogen) atoms. The van der Waals surface area contributed by atoms with E-state index >= 15 is 0 Å². The van der Waals surface area contributed by atoms with E-state index in [0.717, 1.165) is 12.1 Å². The van der Waals surface area contributed by atoms with Crippen molar-refractivity contribution in [2.45, 2.75) is 12.8 Å². The van der Waals surface area contributed by atoms with Gasteiger partial charge in [-0.1, -0.05) is 12.1 Å². The summed E-state index contributed by atoms with van der Waals surface area (Å²) < 4.78 is 43.3. The van der Waals surface area contributed by atoms with Crippen LogP contribution in [0.4, 0.5) is 13.2 Å². The molecule has 0 aliphatic heterocycles. The van der Waals surface area contributed by atoms with Gasteiger partial charge in [-0.3, -0.25) is 0 Å². The van der Waals surface area contributed by atoms with Crippen LogP contribution in [0.3, 0.4) is 0 Å². The van der Waals surface area contributed by atoms with Crippen molar-refractivity contribution >= 4 is 21.9 Å². The summed E-state index contributed by atoms with van der Waals surface area (Å²) in [5.74, 6) is -0.814. The van der Waals surface area contributed by atoms with E-state index in [1.165, 1.54) is 18.2 Å². The van der Waals surface area contributed by atoms with E-state index in [-0.39, 0.29) is 22.4 Å². The molecule has 0 bridgehead atoms. The Kier molecular flexibility index (Phi) is 4.75. The number of carboxylic acid groups (broad SMARTS) is 1. The summed E-state index contributed by atoms with van der Waals surface area (Å²) in [6, 6.07) is 9.21. The van der Waals surface area contributed by atoms with Gasteiger partial charge in [-0.15, -0.1) is 0 Å². The maximum atomic E-state index is 12.6. The molecule has 0 unspecified atom stereocenters. The van der Waals surface area contributed by atoms with Gasteiger partial charge < -0.3 is 9.84 Å². The molecule has 0 amide bonds. The van der Waals surface area contributed by atoms with Gasteiger partial charge in [0.25, 0.3) is 0 Å². The number of alkyl halides is 3. The second-order valence-corrected chi connectivity index (χ2v) is 5.29. The van der Waals surface area contributed by atoms with Crippen LogP contribution in [0.25, 0.3) is 0 Å². The van der Waals surface area contributed by atoms with Crippen LogP contribution >= 0.6 is 15.9 Å². The minimum absolute atomic E-state index is 0.0467. The first kappa shape index (κ1) is 16.4. The maximum absolute atomic E-state index is 12.6. The molecule has 116 valence electrons. The van der Waals surface area contributed by atoms with Crippen LogP contribution in [0.2, 0.25) is 0 Å². The fourth-order valence-corrected chi connectivity index (χ4v) is 2.24. The normalized spacial score (nSPS) is 11.3. The molecule has 0 spiro atoms. The van der Waals surface area contributed by atoms with Gasteiger partial charge in [0, 0.05) is 0 Å². The number of carbonyl (C=O) groups is 1. The summed E-state index contributed by atoms with van der Waals surface area (Å²) in [7, 11) is 0. The van der Waals surface area contributed by atoms with Gasteiger partial charge in [-0.05, 0) is 51.8 Å². The Bertz CT molecular complexity index is 699. The van der Waals surface area contributed by atoms with E-state index < -0.39 is 17.7 Å². The molecule has 0 aromatic heterocycles. The summed E-state index contributed by atoms with van der Waals surface area (Å²) >= 11 is 3.03. The monoisotopic (exact) mass is 374 g/mol. The minimum Gasteiger partial charge on any atom is -0.488 e. The number of halogens is 4. The summed E-state index contributed by atoms with van der Waals surface area (Å²) in [4.78, 5) is 10.9. The van der Waals surface area contributed by atoms with Crippen molar-refractivity contribution in [3.05, 3.63) is 63.6 Å². The van der Waals surface area contributed by atoms with Gasteiger partial charge in [-0.25, -0.2) is 4.79 Å². The first-order chi connectivity index (χ1) is 10.3. The largest absolute Gasteiger partial charge is 0.488 e. The zero-order valence-corrected chi connectivity index (χ0v) is 12.6. The van der Waals surface area contributed by atoms with Gasteiger partial charge in [0.1, 0.15) is 12.4 Å². The van der Waals surface area contributed by atoms with Gasteiger partial charge >= 0.3 is 12.1 Å². The Hall–Kier alpha value is -2.02. The SMILES string of the molecule is O=C(O)c1cccc(COc2ccc(C(F)(F)F)cc2Br)c1. The highest BCUT2D eigenvalue weighted by Crippen LogP contribution is 2.35. The lowest BCUT2D eigenvalue weighted by molar-refractivity contribution is -0.137. The molecule has 0 aliphatic carbocycles.